The van der Waals surface area contributed by atoms with Crippen LogP contribution in [0.3, 0.4) is 0 Å². The fourth-order valence-corrected chi connectivity index (χ4v) is 2.54. The smallest absolute Gasteiger partial charge is 0.225 e. The molecule has 1 unspecified atom stereocenters. The van der Waals surface area contributed by atoms with Crippen molar-refractivity contribution in [1.29, 1.82) is 0 Å². The molecule has 18 heavy (non-hydrogen) atoms. The van der Waals surface area contributed by atoms with E-state index in [1.807, 2.05) is 0 Å². The Morgan fingerprint density at radius 2 is 2.06 bits per heavy atom. The van der Waals surface area contributed by atoms with E-state index in [2.05, 4.69) is 5.32 Å². The molecular weight excluding hydrogens is 232 g/mol. The molecule has 1 saturated heterocycles. The minimum atomic E-state index is 0.0395. The molecule has 1 aliphatic heterocycles. The molecule has 0 aromatic rings. The SMILES string of the molecule is NC1CCC(OCCNC(=O)C2CCOC2)CC1. The topological polar surface area (TPSA) is 73.6 Å². The number of amides is 1. The maximum atomic E-state index is 11.7. The molecule has 2 rings (SSSR count). The van der Waals surface area contributed by atoms with Gasteiger partial charge in [0.1, 0.15) is 0 Å². The van der Waals surface area contributed by atoms with E-state index in [9.17, 15) is 4.79 Å². The fraction of sp³-hybridized carbons (Fsp3) is 0.923. The number of rotatable bonds is 5. The number of ether oxygens (including phenoxy) is 2. The molecule has 104 valence electrons. The van der Waals surface area contributed by atoms with Gasteiger partial charge in [-0.3, -0.25) is 4.79 Å². The second-order valence-corrected chi connectivity index (χ2v) is 5.26. The molecule has 5 heteroatoms. The first-order valence-electron chi connectivity index (χ1n) is 6.98. The predicted octanol–water partition coefficient (Wildman–Crippen LogP) is 0.426. The van der Waals surface area contributed by atoms with Crippen molar-refractivity contribution in [1.82, 2.24) is 5.32 Å². The van der Waals surface area contributed by atoms with Crippen LogP contribution in [0.1, 0.15) is 32.1 Å². The van der Waals surface area contributed by atoms with Crippen LogP contribution in [0.5, 0.6) is 0 Å². The molecule has 2 aliphatic rings. The average Bonchev–Trinajstić information content (AvgIpc) is 2.90. The van der Waals surface area contributed by atoms with Crippen LogP contribution in [-0.4, -0.2) is 44.4 Å². The van der Waals surface area contributed by atoms with Gasteiger partial charge in [0.2, 0.25) is 5.91 Å². The summed E-state index contributed by atoms with van der Waals surface area (Å²) in [6, 6.07) is 0.354. The molecular formula is C13H24N2O3. The van der Waals surface area contributed by atoms with Gasteiger partial charge in [0.05, 0.1) is 25.2 Å². The van der Waals surface area contributed by atoms with Gasteiger partial charge in [0, 0.05) is 19.2 Å². The summed E-state index contributed by atoms with van der Waals surface area (Å²) in [6.45, 7) is 2.46. The van der Waals surface area contributed by atoms with Crippen LogP contribution in [-0.2, 0) is 14.3 Å². The number of hydrogen-bond acceptors (Lipinski definition) is 4. The van der Waals surface area contributed by atoms with E-state index in [4.69, 9.17) is 15.2 Å². The van der Waals surface area contributed by atoms with Gasteiger partial charge < -0.3 is 20.5 Å². The lowest BCUT2D eigenvalue weighted by molar-refractivity contribution is -0.125. The molecule has 1 heterocycles. The summed E-state index contributed by atoms with van der Waals surface area (Å²) in [4.78, 5) is 11.7. The Labute approximate surface area is 108 Å². The lowest BCUT2D eigenvalue weighted by atomic mass is 9.94. The second-order valence-electron chi connectivity index (χ2n) is 5.26. The Morgan fingerprint density at radius 1 is 1.28 bits per heavy atom. The highest BCUT2D eigenvalue weighted by Gasteiger charge is 2.23. The summed E-state index contributed by atoms with van der Waals surface area (Å²) in [6.07, 6.45) is 5.37. The zero-order valence-electron chi connectivity index (χ0n) is 10.9. The van der Waals surface area contributed by atoms with Gasteiger partial charge in [-0.2, -0.15) is 0 Å². The largest absolute Gasteiger partial charge is 0.381 e. The molecule has 1 saturated carbocycles. The molecule has 1 aliphatic carbocycles. The molecule has 0 spiro atoms. The van der Waals surface area contributed by atoms with E-state index < -0.39 is 0 Å². The molecule has 3 N–H and O–H groups in total. The summed E-state index contributed by atoms with van der Waals surface area (Å²) in [5, 5.41) is 2.90. The predicted molar refractivity (Wildman–Crippen MR) is 68.1 cm³/mol. The summed E-state index contributed by atoms with van der Waals surface area (Å²) >= 11 is 0. The minimum absolute atomic E-state index is 0.0395. The van der Waals surface area contributed by atoms with Crippen LogP contribution in [0, 0.1) is 5.92 Å². The van der Waals surface area contributed by atoms with Crippen molar-refractivity contribution in [3.05, 3.63) is 0 Å². The summed E-state index contributed by atoms with van der Waals surface area (Å²) in [7, 11) is 0. The zero-order chi connectivity index (χ0) is 12.8. The third-order valence-electron chi connectivity index (χ3n) is 3.77. The Balaban J connectivity index is 1.51. The Bertz CT molecular complexity index is 259. The molecule has 0 radical (unpaired) electrons. The van der Waals surface area contributed by atoms with Gasteiger partial charge in [0.15, 0.2) is 0 Å². The molecule has 1 atom stereocenters. The monoisotopic (exact) mass is 256 g/mol. The van der Waals surface area contributed by atoms with Crippen LogP contribution in [0.2, 0.25) is 0 Å². The molecule has 2 fully saturated rings. The van der Waals surface area contributed by atoms with Crippen LogP contribution in [0.25, 0.3) is 0 Å². The number of nitrogens with one attached hydrogen (secondary N) is 1. The molecule has 0 aromatic heterocycles. The third kappa shape index (κ3) is 4.23. The van der Waals surface area contributed by atoms with Gasteiger partial charge in [0.25, 0.3) is 0 Å². The van der Waals surface area contributed by atoms with E-state index in [1.165, 1.54) is 0 Å². The van der Waals surface area contributed by atoms with E-state index in [1.54, 1.807) is 0 Å². The van der Waals surface area contributed by atoms with E-state index >= 15 is 0 Å². The van der Waals surface area contributed by atoms with Crippen LogP contribution in [0.4, 0.5) is 0 Å². The number of carbonyl (C=O) groups excluding carboxylic acids is 1. The van der Waals surface area contributed by atoms with Crippen molar-refractivity contribution < 1.29 is 14.3 Å². The van der Waals surface area contributed by atoms with Crippen molar-refractivity contribution in [3.63, 3.8) is 0 Å². The van der Waals surface area contributed by atoms with Crippen LogP contribution < -0.4 is 11.1 Å². The Kier molecular flexibility index (Phi) is 5.41. The lowest BCUT2D eigenvalue weighted by Gasteiger charge is -2.26. The Hall–Kier alpha value is -0.650. The summed E-state index contributed by atoms with van der Waals surface area (Å²) < 4.78 is 10.9. The highest BCUT2D eigenvalue weighted by Crippen LogP contribution is 2.19. The highest BCUT2D eigenvalue weighted by molar-refractivity contribution is 5.78. The van der Waals surface area contributed by atoms with Gasteiger partial charge in [-0.1, -0.05) is 0 Å². The first kappa shape index (κ1) is 13.8. The maximum absolute atomic E-state index is 11.7. The van der Waals surface area contributed by atoms with Crippen molar-refractivity contribution >= 4 is 5.91 Å². The van der Waals surface area contributed by atoms with Crippen molar-refractivity contribution in [2.45, 2.75) is 44.2 Å². The summed E-state index contributed by atoms with van der Waals surface area (Å²) in [5.41, 5.74) is 5.84. The molecule has 0 aromatic carbocycles. The molecule has 0 bridgehead atoms. The fourth-order valence-electron chi connectivity index (χ4n) is 2.54. The first-order chi connectivity index (χ1) is 8.75. The highest BCUT2D eigenvalue weighted by atomic mass is 16.5. The quantitative estimate of drug-likeness (QED) is 0.699. The normalized spacial score (nSPS) is 32.4. The minimum Gasteiger partial charge on any atom is -0.381 e. The summed E-state index contributed by atoms with van der Waals surface area (Å²) in [5.74, 6) is 0.138. The van der Waals surface area contributed by atoms with Gasteiger partial charge in [-0.25, -0.2) is 0 Å². The number of carbonyl (C=O) groups is 1. The number of nitrogens with two attached hydrogens (primary N) is 1. The maximum Gasteiger partial charge on any atom is 0.225 e. The third-order valence-corrected chi connectivity index (χ3v) is 3.77. The first-order valence-corrected chi connectivity index (χ1v) is 6.98. The van der Waals surface area contributed by atoms with Gasteiger partial charge >= 0.3 is 0 Å². The van der Waals surface area contributed by atoms with Crippen molar-refractivity contribution in [3.8, 4) is 0 Å². The average molecular weight is 256 g/mol. The van der Waals surface area contributed by atoms with Gasteiger partial charge in [-0.15, -0.1) is 0 Å². The van der Waals surface area contributed by atoms with Crippen LogP contribution >= 0.6 is 0 Å². The van der Waals surface area contributed by atoms with Gasteiger partial charge in [-0.05, 0) is 32.1 Å². The second kappa shape index (κ2) is 7.07. The molecule has 1 amide bonds. The standard InChI is InChI=1S/C13H24N2O3/c14-11-1-3-12(4-2-11)18-8-6-15-13(16)10-5-7-17-9-10/h10-12H,1-9,14H2,(H,15,16). The van der Waals surface area contributed by atoms with Crippen LogP contribution in [0.15, 0.2) is 0 Å². The Morgan fingerprint density at radius 3 is 2.72 bits per heavy atom. The van der Waals surface area contributed by atoms with E-state index in [0.29, 0.717) is 38.5 Å². The van der Waals surface area contributed by atoms with Crippen molar-refractivity contribution in [2.24, 2.45) is 11.7 Å². The lowest BCUT2D eigenvalue weighted by Crippen LogP contribution is -2.35. The van der Waals surface area contributed by atoms with E-state index in [-0.39, 0.29) is 11.8 Å². The van der Waals surface area contributed by atoms with E-state index in [0.717, 1.165) is 32.1 Å². The molecule has 5 nitrogen and oxygen atoms in total. The van der Waals surface area contributed by atoms with Crippen molar-refractivity contribution in [2.75, 3.05) is 26.4 Å². The number of hydrogen-bond donors (Lipinski definition) is 2. The zero-order valence-corrected chi connectivity index (χ0v) is 10.9.